The van der Waals surface area contributed by atoms with Crippen LogP contribution >= 0.6 is 0 Å². The quantitative estimate of drug-likeness (QED) is 0.892. The predicted molar refractivity (Wildman–Crippen MR) is 71.4 cm³/mol. The zero-order valence-corrected chi connectivity index (χ0v) is 10.4. The van der Waals surface area contributed by atoms with Crippen LogP contribution in [0, 0.1) is 0 Å². The molecule has 2 rings (SSSR count). The fourth-order valence-electron chi connectivity index (χ4n) is 1.50. The van der Waals surface area contributed by atoms with Crippen molar-refractivity contribution >= 4 is 17.9 Å². The molecule has 0 radical (unpaired) electrons. The Hall–Kier alpha value is -2.89. The van der Waals surface area contributed by atoms with Gasteiger partial charge in [0.15, 0.2) is 0 Å². The number of carbonyl (C=O) groups is 2. The molecular formula is C14H12N2O4. The Morgan fingerprint density at radius 1 is 1.20 bits per heavy atom. The number of nitrogens with one attached hydrogen (secondary N) is 1. The number of anilines is 1. The van der Waals surface area contributed by atoms with Gasteiger partial charge in [-0.25, -0.2) is 14.6 Å². The van der Waals surface area contributed by atoms with E-state index in [1.54, 1.807) is 0 Å². The third-order valence-corrected chi connectivity index (χ3v) is 2.45. The lowest BCUT2D eigenvalue weighted by Crippen LogP contribution is -2.15. The summed E-state index contributed by atoms with van der Waals surface area (Å²) in [6.45, 7) is 0.130. The maximum Gasteiger partial charge on any atom is 0.413 e. The topological polar surface area (TPSA) is 88.5 Å². The first-order valence-electron chi connectivity index (χ1n) is 5.82. The molecule has 1 aromatic heterocycles. The van der Waals surface area contributed by atoms with Gasteiger partial charge in [-0.05, 0) is 17.7 Å². The molecule has 0 fully saturated rings. The monoisotopic (exact) mass is 272 g/mol. The molecule has 0 unspecified atom stereocenters. The lowest BCUT2D eigenvalue weighted by atomic mass is 10.2. The maximum absolute atomic E-state index is 11.5. The molecular weight excluding hydrogens is 260 g/mol. The standard InChI is InChI=1S/C14H12N2O4/c17-13(18)11-6-7-15-12(8-11)16-14(19)20-9-10-4-2-1-3-5-10/h1-8H,9H2,(H,17,18)(H,15,16,19). The average molecular weight is 272 g/mol. The number of ether oxygens (including phenoxy) is 1. The van der Waals surface area contributed by atoms with E-state index in [0.717, 1.165) is 5.56 Å². The molecule has 0 aliphatic heterocycles. The van der Waals surface area contributed by atoms with Crippen molar-refractivity contribution in [3.05, 3.63) is 59.8 Å². The molecule has 0 bridgehead atoms. The van der Waals surface area contributed by atoms with Crippen LogP contribution in [0.3, 0.4) is 0 Å². The molecule has 20 heavy (non-hydrogen) atoms. The Morgan fingerprint density at radius 3 is 2.65 bits per heavy atom. The van der Waals surface area contributed by atoms with Gasteiger partial charge in [-0.1, -0.05) is 30.3 Å². The first-order valence-corrected chi connectivity index (χ1v) is 5.82. The van der Waals surface area contributed by atoms with Crippen molar-refractivity contribution in [1.29, 1.82) is 0 Å². The number of carboxylic acid groups (broad SMARTS) is 1. The Kier molecular flexibility index (Phi) is 4.28. The zero-order valence-electron chi connectivity index (χ0n) is 10.4. The van der Waals surface area contributed by atoms with Crippen LogP contribution < -0.4 is 5.32 Å². The van der Waals surface area contributed by atoms with Crippen LogP contribution in [0.25, 0.3) is 0 Å². The molecule has 2 N–H and O–H groups in total. The molecule has 0 aliphatic rings. The van der Waals surface area contributed by atoms with Gasteiger partial charge in [0.05, 0.1) is 5.56 Å². The molecule has 102 valence electrons. The molecule has 0 aliphatic carbocycles. The fourth-order valence-corrected chi connectivity index (χ4v) is 1.50. The van der Waals surface area contributed by atoms with E-state index in [1.165, 1.54) is 18.3 Å². The summed E-state index contributed by atoms with van der Waals surface area (Å²) < 4.78 is 4.99. The van der Waals surface area contributed by atoms with Crippen molar-refractivity contribution < 1.29 is 19.4 Å². The van der Waals surface area contributed by atoms with Crippen molar-refractivity contribution in [2.24, 2.45) is 0 Å². The number of nitrogens with zero attached hydrogens (tertiary/aromatic N) is 1. The summed E-state index contributed by atoms with van der Waals surface area (Å²) in [5.41, 5.74) is 0.897. The lowest BCUT2D eigenvalue weighted by Gasteiger charge is -2.06. The number of hydrogen-bond acceptors (Lipinski definition) is 4. The van der Waals surface area contributed by atoms with Crippen LogP contribution in [0.2, 0.25) is 0 Å². The Labute approximate surface area is 115 Å². The zero-order chi connectivity index (χ0) is 14.4. The molecule has 2 aromatic rings. The third-order valence-electron chi connectivity index (χ3n) is 2.45. The van der Waals surface area contributed by atoms with Gasteiger partial charge in [-0.3, -0.25) is 5.32 Å². The highest BCUT2D eigenvalue weighted by Crippen LogP contribution is 2.08. The van der Waals surface area contributed by atoms with Gasteiger partial charge in [0.25, 0.3) is 0 Å². The van der Waals surface area contributed by atoms with Gasteiger partial charge in [0, 0.05) is 6.20 Å². The smallest absolute Gasteiger partial charge is 0.413 e. The van der Waals surface area contributed by atoms with Crippen LogP contribution in [0.15, 0.2) is 48.7 Å². The Morgan fingerprint density at radius 2 is 1.95 bits per heavy atom. The summed E-state index contributed by atoms with van der Waals surface area (Å²) in [5.74, 6) is -0.962. The van der Waals surface area contributed by atoms with Gasteiger partial charge in [-0.15, -0.1) is 0 Å². The first-order chi connectivity index (χ1) is 9.65. The van der Waals surface area contributed by atoms with Crippen molar-refractivity contribution in [1.82, 2.24) is 4.98 Å². The van der Waals surface area contributed by atoms with E-state index in [4.69, 9.17) is 9.84 Å². The van der Waals surface area contributed by atoms with Crippen LogP contribution in [-0.4, -0.2) is 22.2 Å². The second-order valence-electron chi connectivity index (χ2n) is 3.92. The van der Waals surface area contributed by atoms with Crippen LogP contribution in [0.1, 0.15) is 15.9 Å². The summed E-state index contributed by atoms with van der Waals surface area (Å²) >= 11 is 0. The van der Waals surface area contributed by atoms with Gasteiger partial charge in [-0.2, -0.15) is 0 Å². The van der Waals surface area contributed by atoms with E-state index in [0.29, 0.717) is 0 Å². The summed E-state index contributed by atoms with van der Waals surface area (Å²) in [5, 5.41) is 11.2. The molecule has 6 nitrogen and oxygen atoms in total. The summed E-state index contributed by atoms with van der Waals surface area (Å²) in [4.78, 5) is 26.2. The average Bonchev–Trinajstić information content (AvgIpc) is 2.46. The van der Waals surface area contributed by atoms with Gasteiger partial charge in [0.2, 0.25) is 0 Å². The largest absolute Gasteiger partial charge is 0.478 e. The van der Waals surface area contributed by atoms with E-state index < -0.39 is 12.1 Å². The fraction of sp³-hybridized carbons (Fsp3) is 0.0714. The SMILES string of the molecule is O=C(Nc1cc(C(=O)O)ccn1)OCc1ccccc1. The highest BCUT2D eigenvalue weighted by atomic mass is 16.5. The molecule has 0 saturated heterocycles. The number of aromatic carboxylic acids is 1. The predicted octanol–water partition coefficient (Wildman–Crippen LogP) is 2.53. The number of aromatic nitrogens is 1. The molecule has 0 atom stereocenters. The summed E-state index contributed by atoms with van der Waals surface area (Å²) in [6, 6.07) is 11.8. The highest BCUT2D eigenvalue weighted by Gasteiger charge is 2.08. The maximum atomic E-state index is 11.5. The third kappa shape index (κ3) is 3.81. The molecule has 1 heterocycles. The number of rotatable bonds is 4. The highest BCUT2D eigenvalue weighted by molar-refractivity contribution is 5.90. The van der Waals surface area contributed by atoms with Crippen molar-refractivity contribution in [3.8, 4) is 0 Å². The number of amides is 1. The number of pyridine rings is 1. The van der Waals surface area contributed by atoms with Gasteiger partial charge < -0.3 is 9.84 Å². The Bertz CT molecular complexity index is 614. The molecule has 6 heteroatoms. The summed E-state index contributed by atoms with van der Waals surface area (Å²) in [6.07, 6.45) is 0.611. The normalized spacial score (nSPS) is 9.80. The van der Waals surface area contributed by atoms with E-state index >= 15 is 0 Å². The number of carbonyl (C=O) groups excluding carboxylic acids is 1. The number of hydrogen-bond donors (Lipinski definition) is 2. The number of benzene rings is 1. The minimum Gasteiger partial charge on any atom is -0.478 e. The van der Waals surface area contributed by atoms with Crippen LogP contribution in [-0.2, 0) is 11.3 Å². The van der Waals surface area contributed by atoms with Gasteiger partial charge >= 0.3 is 12.1 Å². The van der Waals surface area contributed by atoms with Crippen molar-refractivity contribution in [2.75, 3.05) is 5.32 Å². The van der Waals surface area contributed by atoms with Crippen LogP contribution in [0.4, 0.5) is 10.6 Å². The molecule has 1 amide bonds. The van der Waals surface area contributed by atoms with E-state index in [9.17, 15) is 9.59 Å². The number of carboxylic acids is 1. The van der Waals surface area contributed by atoms with E-state index in [2.05, 4.69) is 10.3 Å². The van der Waals surface area contributed by atoms with Gasteiger partial charge in [0.1, 0.15) is 12.4 Å². The minimum atomic E-state index is -1.09. The molecule has 0 saturated carbocycles. The van der Waals surface area contributed by atoms with Crippen molar-refractivity contribution in [2.45, 2.75) is 6.61 Å². The Balaban J connectivity index is 1.91. The lowest BCUT2D eigenvalue weighted by molar-refractivity contribution is 0.0696. The van der Waals surface area contributed by atoms with E-state index in [1.807, 2.05) is 30.3 Å². The van der Waals surface area contributed by atoms with Crippen molar-refractivity contribution in [3.63, 3.8) is 0 Å². The summed E-state index contributed by atoms with van der Waals surface area (Å²) in [7, 11) is 0. The second kappa shape index (κ2) is 6.33. The minimum absolute atomic E-state index is 0.0401. The van der Waals surface area contributed by atoms with E-state index in [-0.39, 0.29) is 18.0 Å². The second-order valence-corrected chi connectivity index (χ2v) is 3.92. The molecule has 0 spiro atoms. The van der Waals surface area contributed by atoms with Crippen LogP contribution in [0.5, 0.6) is 0 Å². The molecule has 1 aromatic carbocycles. The first kappa shape index (κ1) is 13.5.